The van der Waals surface area contributed by atoms with Crippen LogP contribution in [0.4, 0.5) is 10.3 Å². The molecule has 0 atom stereocenters. The van der Waals surface area contributed by atoms with E-state index in [1.165, 1.54) is 22.7 Å². The quantitative estimate of drug-likeness (QED) is 0.607. The zero-order valence-corrected chi connectivity index (χ0v) is 18.7. The number of anilines is 2. The van der Waals surface area contributed by atoms with Gasteiger partial charge in [-0.05, 0) is 31.7 Å². The number of Topliss-reactive ketones (excluding diaryl/α,β-unsaturated/α-hetero) is 1. The highest BCUT2D eigenvalue weighted by Crippen LogP contribution is 2.39. The van der Waals surface area contributed by atoms with Gasteiger partial charge in [0.15, 0.2) is 16.0 Å². The molecule has 0 saturated heterocycles. The molecule has 28 heavy (non-hydrogen) atoms. The highest BCUT2D eigenvalue weighted by atomic mass is 32.1. The maximum Gasteiger partial charge on any atom is 0.267 e. The fourth-order valence-corrected chi connectivity index (χ4v) is 6.55. The summed E-state index contributed by atoms with van der Waals surface area (Å²) in [5.74, 6) is -0.0774. The van der Waals surface area contributed by atoms with Crippen LogP contribution < -0.4 is 10.2 Å². The molecule has 9 heteroatoms. The minimum Gasteiger partial charge on any atom is -0.349 e. The Morgan fingerprint density at radius 3 is 2.61 bits per heavy atom. The number of amides is 1. The van der Waals surface area contributed by atoms with E-state index in [9.17, 15) is 9.59 Å². The van der Waals surface area contributed by atoms with E-state index in [1.54, 1.807) is 11.3 Å². The predicted molar refractivity (Wildman–Crippen MR) is 118 cm³/mol. The van der Waals surface area contributed by atoms with E-state index in [2.05, 4.69) is 47.9 Å². The minimum atomic E-state index is -0.197. The van der Waals surface area contributed by atoms with Gasteiger partial charge in [-0.1, -0.05) is 36.5 Å². The molecule has 0 saturated carbocycles. The molecule has 1 aliphatic rings. The Kier molecular flexibility index (Phi) is 5.01. The summed E-state index contributed by atoms with van der Waals surface area (Å²) in [7, 11) is 0. The molecular formula is C19H22N4O2S3. The molecule has 4 rings (SSSR count). The van der Waals surface area contributed by atoms with Crippen molar-refractivity contribution in [3.63, 3.8) is 0 Å². The van der Waals surface area contributed by atoms with Crippen LogP contribution in [-0.2, 0) is 6.42 Å². The molecule has 0 aliphatic heterocycles. The Morgan fingerprint density at radius 1 is 1.18 bits per heavy atom. The number of aromatic nitrogens is 2. The zero-order chi connectivity index (χ0) is 20.1. The zero-order valence-electron chi connectivity index (χ0n) is 16.3. The molecule has 0 spiro atoms. The number of thiazole rings is 2. The van der Waals surface area contributed by atoms with Crippen LogP contribution in [0.25, 0.3) is 9.53 Å². The van der Waals surface area contributed by atoms with E-state index in [1.807, 2.05) is 6.07 Å². The van der Waals surface area contributed by atoms with Crippen LogP contribution in [0.5, 0.6) is 0 Å². The third-order valence-electron chi connectivity index (χ3n) is 4.79. The van der Waals surface area contributed by atoms with Gasteiger partial charge in [0.2, 0.25) is 0 Å². The smallest absolute Gasteiger partial charge is 0.267 e. The Morgan fingerprint density at radius 2 is 1.93 bits per heavy atom. The van der Waals surface area contributed by atoms with Crippen LogP contribution in [0.3, 0.4) is 0 Å². The van der Waals surface area contributed by atoms with Crippen molar-refractivity contribution in [2.24, 2.45) is 5.41 Å². The number of carbonyl (C=O) groups is 2. The van der Waals surface area contributed by atoms with Crippen molar-refractivity contribution in [1.82, 2.24) is 9.97 Å². The molecule has 0 unspecified atom stereocenters. The number of hydrogen-bond donors (Lipinski definition) is 1. The lowest BCUT2D eigenvalue weighted by Gasteiger charge is -2.26. The van der Waals surface area contributed by atoms with E-state index in [-0.39, 0.29) is 17.1 Å². The first-order valence-electron chi connectivity index (χ1n) is 9.29. The summed E-state index contributed by atoms with van der Waals surface area (Å²) in [4.78, 5) is 38.6. The van der Waals surface area contributed by atoms with Gasteiger partial charge in [0.25, 0.3) is 5.91 Å². The number of nitrogens with one attached hydrogen (secondary N) is 1. The molecule has 0 aromatic carbocycles. The van der Waals surface area contributed by atoms with Crippen molar-refractivity contribution in [3.05, 3.63) is 21.5 Å². The monoisotopic (exact) mass is 434 g/mol. The van der Waals surface area contributed by atoms with Crippen molar-refractivity contribution in [3.8, 4) is 0 Å². The number of fused-ring (bicyclic) bond motifs is 2. The maximum atomic E-state index is 12.7. The molecule has 0 radical (unpaired) electrons. The normalized spacial score (nSPS) is 15.6. The Bertz CT molecular complexity index is 1030. The van der Waals surface area contributed by atoms with Crippen molar-refractivity contribution in [2.75, 3.05) is 23.3 Å². The number of nitrogens with zero attached hydrogens (tertiary/aromatic N) is 3. The Labute approximate surface area is 175 Å². The van der Waals surface area contributed by atoms with Crippen LogP contribution in [0.2, 0.25) is 0 Å². The van der Waals surface area contributed by atoms with Crippen LogP contribution in [0.1, 0.15) is 59.2 Å². The molecule has 148 valence electrons. The number of rotatable bonds is 5. The number of carbonyl (C=O) groups excluding carboxylic acids is 2. The first-order chi connectivity index (χ1) is 13.3. The fraction of sp³-hybridized carbons (Fsp3) is 0.474. The van der Waals surface area contributed by atoms with E-state index in [4.69, 9.17) is 0 Å². The third kappa shape index (κ3) is 3.58. The van der Waals surface area contributed by atoms with Crippen molar-refractivity contribution in [1.29, 1.82) is 0 Å². The van der Waals surface area contributed by atoms with Gasteiger partial charge in [0, 0.05) is 19.5 Å². The van der Waals surface area contributed by atoms with E-state index in [0.717, 1.165) is 39.9 Å². The molecule has 1 aliphatic carbocycles. The third-order valence-corrected chi connectivity index (χ3v) is 8.07. The second-order valence-electron chi connectivity index (χ2n) is 7.64. The topological polar surface area (TPSA) is 75.2 Å². The second-order valence-corrected chi connectivity index (χ2v) is 10.7. The summed E-state index contributed by atoms with van der Waals surface area (Å²) in [6.45, 7) is 10.2. The second kappa shape index (κ2) is 7.20. The summed E-state index contributed by atoms with van der Waals surface area (Å²) in [6.07, 6.45) is 1.28. The number of ketones is 1. The Balaban J connectivity index is 1.53. The standard InChI is InChI=1S/C19H22N4O2S3/c1-5-23(6-2)18-22-16-13(27-18)7-12(26-16)15(25)21-17-20-10-8-19(3,4)9-11(24)14(10)28-17/h7H,5-6,8-9H2,1-4H3,(H,20,21,25). The lowest BCUT2D eigenvalue weighted by Crippen LogP contribution is -2.26. The van der Waals surface area contributed by atoms with Gasteiger partial charge in [0.1, 0.15) is 4.83 Å². The fourth-order valence-electron chi connectivity index (χ4n) is 3.40. The van der Waals surface area contributed by atoms with Crippen LogP contribution in [-0.4, -0.2) is 34.7 Å². The van der Waals surface area contributed by atoms with Gasteiger partial charge in [0.05, 0.1) is 20.1 Å². The van der Waals surface area contributed by atoms with Gasteiger partial charge >= 0.3 is 0 Å². The van der Waals surface area contributed by atoms with Crippen molar-refractivity contribution in [2.45, 2.75) is 40.5 Å². The van der Waals surface area contributed by atoms with Crippen LogP contribution >= 0.6 is 34.0 Å². The number of thiophene rings is 1. The summed E-state index contributed by atoms with van der Waals surface area (Å²) < 4.78 is 1.02. The molecule has 1 N–H and O–H groups in total. The molecule has 3 aromatic rings. The molecule has 3 heterocycles. The van der Waals surface area contributed by atoms with E-state index < -0.39 is 0 Å². The molecule has 3 aromatic heterocycles. The van der Waals surface area contributed by atoms with E-state index in [0.29, 0.717) is 21.3 Å². The molecular weight excluding hydrogens is 412 g/mol. The highest BCUT2D eigenvalue weighted by Gasteiger charge is 2.34. The van der Waals surface area contributed by atoms with Crippen molar-refractivity contribution >= 4 is 65.5 Å². The summed E-state index contributed by atoms with van der Waals surface area (Å²) in [5.41, 5.74) is 0.727. The predicted octanol–water partition coefficient (Wildman–Crippen LogP) is 5.07. The molecule has 0 bridgehead atoms. The van der Waals surface area contributed by atoms with Gasteiger partial charge in [-0.2, -0.15) is 0 Å². The van der Waals surface area contributed by atoms with Gasteiger partial charge < -0.3 is 4.90 Å². The van der Waals surface area contributed by atoms with Crippen molar-refractivity contribution < 1.29 is 9.59 Å². The molecule has 6 nitrogen and oxygen atoms in total. The first kappa shape index (κ1) is 19.5. The largest absolute Gasteiger partial charge is 0.349 e. The average Bonchev–Trinajstić information content (AvgIpc) is 3.27. The van der Waals surface area contributed by atoms with E-state index >= 15 is 0 Å². The number of hydrogen-bond acceptors (Lipinski definition) is 8. The van der Waals surface area contributed by atoms with Gasteiger partial charge in [-0.15, -0.1) is 11.3 Å². The van der Waals surface area contributed by atoms with Crippen LogP contribution in [0.15, 0.2) is 6.07 Å². The Hall–Kier alpha value is -1.84. The highest BCUT2D eigenvalue weighted by molar-refractivity contribution is 7.29. The molecule has 1 amide bonds. The summed E-state index contributed by atoms with van der Waals surface area (Å²) in [6, 6.07) is 1.89. The summed E-state index contributed by atoms with van der Waals surface area (Å²) in [5, 5.41) is 4.35. The minimum absolute atomic E-state index is 0.0776. The molecule has 0 fully saturated rings. The lowest BCUT2D eigenvalue weighted by atomic mass is 9.78. The first-order valence-corrected chi connectivity index (χ1v) is 11.7. The SMILES string of the molecule is CCN(CC)c1nc2sc(C(=O)Nc3nc4c(s3)C(=O)CC(C)(C)C4)cc2s1. The van der Waals surface area contributed by atoms with Gasteiger partial charge in [-0.25, -0.2) is 9.97 Å². The van der Waals surface area contributed by atoms with Crippen LogP contribution in [0, 0.1) is 5.41 Å². The summed E-state index contributed by atoms with van der Waals surface area (Å²) >= 11 is 4.28. The lowest BCUT2D eigenvalue weighted by molar-refractivity contribution is 0.0915. The van der Waals surface area contributed by atoms with Gasteiger partial charge in [-0.3, -0.25) is 14.9 Å². The maximum absolute atomic E-state index is 12.7. The average molecular weight is 435 g/mol.